The van der Waals surface area contributed by atoms with Crippen molar-refractivity contribution in [2.24, 2.45) is 0 Å². The monoisotopic (exact) mass is 446 g/mol. The first-order valence-electron chi connectivity index (χ1n) is 11.4. The third-order valence-electron chi connectivity index (χ3n) is 6.23. The number of rotatable bonds is 7. The lowest BCUT2D eigenvalue weighted by molar-refractivity contribution is 0.209. The number of allylic oxidation sites excluding steroid dienone is 1. The quantitative estimate of drug-likeness (QED) is 0.411. The van der Waals surface area contributed by atoms with Crippen molar-refractivity contribution in [3.05, 3.63) is 77.7 Å². The Hall–Kier alpha value is -2.85. The van der Waals surface area contributed by atoms with E-state index in [1.807, 2.05) is 37.4 Å². The molecule has 0 amide bonds. The molecule has 1 aromatic carbocycles. The van der Waals surface area contributed by atoms with Crippen molar-refractivity contribution in [3.63, 3.8) is 0 Å². The maximum absolute atomic E-state index is 6.60. The zero-order chi connectivity index (χ0) is 22.7. The van der Waals surface area contributed by atoms with E-state index in [1.165, 1.54) is 18.5 Å². The topological polar surface area (TPSA) is 32.3 Å². The summed E-state index contributed by atoms with van der Waals surface area (Å²) in [6.07, 6.45) is 5.35. The maximum Gasteiger partial charge on any atom is 0.0740 e. The molecule has 2 aromatic heterocycles. The minimum absolute atomic E-state index is 0.696. The summed E-state index contributed by atoms with van der Waals surface area (Å²) < 4.78 is 0. The molecule has 1 aliphatic rings. The minimum atomic E-state index is 0.696. The van der Waals surface area contributed by atoms with Crippen molar-refractivity contribution in [3.8, 4) is 11.3 Å². The summed E-state index contributed by atoms with van der Waals surface area (Å²) in [5.74, 6) is 0. The largest absolute Gasteiger partial charge is 0.372 e. The Morgan fingerprint density at radius 2 is 1.78 bits per heavy atom. The number of halogens is 1. The highest BCUT2D eigenvalue weighted by atomic mass is 35.5. The molecule has 1 fully saturated rings. The fraction of sp³-hybridized carbons (Fsp3) is 0.333. The molecule has 0 unspecified atom stereocenters. The number of benzene rings is 1. The van der Waals surface area contributed by atoms with Crippen LogP contribution >= 0.6 is 11.6 Å². The summed E-state index contributed by atoms with van der Waals surface area (Å²) in [5, 5.41) is 1.64. The van der Waals surface area contributed by atoms with Crippen LogP contribution in [0.15, 0.2) is 61.4 Å². The molecule has 0 N–H and O–H groups in total. The molecule has 3 aromatic rings. The second kappa shape index (κ2) is 9.74. The van der Waals surface area contributed by atoms with E-state index in [1.54, 1.807) is 0 Å². The van der Waals surface area contributed by atoms with Crippen LogP contribution in [0, 0.1) is 6.92 Å². The van der Waals surface area contributed by atoms with Gasteiger partial charge >= 0.3 is 0 Å². The molecule has 1 aliphatic heterocycles. The summed E-state index contributed by atoms with van der Waals surface area (Å²) in [5.41, 5.74) is 7.02. The van der Waals surface area contributed by atoms with E-state index in [4.69, 9.17) is 16.6 Å². The first-order chi connectivity index (χ1) is 15.5. The number of aryl methyl sites for hydroxylation is 1. The summed E-state index contributed by atoms with van der Waals surface area (Å²) in [6, 6.07) is 12.2. The van der Waals surface area contributed by atoms with Gasteiger partial charge < -0.3 is 9.80 Å². The Balaban J connectivity index is 1.52. The fourth-order valence-electron chi connectivity index (χ4n) is 4.15. The van der Waals surface area contributed by atoms with Crippen molar-refractivity contribution in [1.82, 2.24) is 19.8 Å². The van der Waals surface area contributed by atoms with Gasteiger partial charge in [-0.15, -0.1) is 0 Å². The number of aromatic nitrogens is 2. The third-order valence-corrected chi connectivity index (χ3v) is 6.54. The highest BCUT2D eigenvalue weighted by molar-refractivity contribution is 6.35. The molecule has 32 heavy (non-hydrogen) atoms. The molecular formula is C27H31ClN4. The number of piperazine rings is 1. The van der Waals surface area contributed by atoms with Crippen LogP contribution in [0.25, 0.3) is 27.9 Å². The minimum Gasteiger partial charge on any atom is -0.372 e. The molecular weight excluding hydrogens is 416 g/mol. The number of hydrogen-bond donors (Lipinski definition) is 0. The SMILES string of the molecule is C=C(CCCC)N1CCN(C(=C)c2ccc3c(Cl)cc(-c4ccc(C)nc4)nc3c2)CC1. The molecule has 0 saturated carbocycles. The summed E-state index contributed by atoms with van der Waals surface area (Å²) >= 11 is 6.60. The number of fused-ring (bicyclic) bond motifs is 1. The van der Waals surface area contributed by atoms with E-state index in [0.717, 1.165) is 71.7 Å². The number of nitrogens with zero attached hydrogens (tertiary/aromatic N) is 4. The lowest BCUT2D eigenvalue weighted by Crippen LogP contribution is -2.44. The van der Waals surface area contributed by atoms with Gasteiger partial charge in [0.1, 0.15) is 0 Å². The van der Waals surface area contributed by atoms with E-state index in [0.29, 0.717) is 5.02 Å². The van der Waals surface area contributed by atoms with Gasteiger partial charge in [0.15, 0.2) is 0 Å². The van der Waals surface area contributed by atoms with E-state index < -0.39 is 0 Å². The Labute approximate surface area is 196 Å². The normalized spacial score (nSPS) is 14.1. The smallest absolute Gasteiger partial charge is 0.0740 e. The van der Waals surface area contributed by atoms with Crippen molar-refractivity contribution >= 4 is 28.2 Å². The van der Waals surface area contributed by atoms with Gasteiger partial charge in [0, 0.05) is 60.4 Å². The molecule has 166 valence electrons. The number of unbranched alkanes of at least 4 members (excludes halogenated alkanes) is 1. The predicted molar refractivity (Wildman–Crippen MR) is 136 cm³/mol. The van der Waals surface area contributed by atoms with E-state index in [-0.39, 0.29) is 0 Å². The van der Waals surface area contributed by atoms with Crippen LogP contribution in [-0.2, 0) is 0 Å². The van der Waals surface area contributed by atoms with Crippen molar-refractivity contribution in [2.45, 2.75) is 33.1 Å². The van der Waals surface area contributed by atoms with Gasteiger partial charge in [0.05, 0.1) is 16.2 Å². The molecule has 0 aliphatic carbocycles. The molecule has 4 rings (SSSR count). The van der Waals surface area contributed by atoms with Crippen molar-refractivity contribution in [2.75, 3.05) is 26.2 Å². The number of pyridine rings is 2. The Morgan fingerprint density at radius 3 is 2.47 bits per heavy atom. The predicted octanol–water partition coefficient (Wildman–Crippen LogP) is 6.55. The highest BCUT2D eigenvalue weighted by Crippen LogP contribution is 2.31. The average molecular weight is 447 g/mol. The molecule has 5 heteroatoms. The van der Waals surface area contributed by atoms with Crippen LogP contribution in [0.5, 0.6) is 0 Å². The van der Waals surface area contributed by atoms with Crippen LogP contribution < -0.4 is 0 Å². The van der Waals surface area contributed by atoms with Gasteiger partial charge in [-0.2, -0.15) is 0 Å². The zero-order valence-electron chi connectivity index (χ0n) is 19.1. The van der Waals surface area contributed by atoms with E-state index in [2.05, 4.69) is 47.0 Å². The third kappa shape index (κ3) is 4.81. The Bertz CT molecular complexity index is 1130. The zero-order valence-corrected chi connectivity index (χ0v) is 19.8. The van der Waals surface area contributed by atoms with E-state index >= 15 is 0 Å². The van der Waals surface area contributed by atoms with Gasteiger partial charge in [-0.05, 0) is 49.6 Å². The van der Waals surface area contributed by atoms with Gasteiger partial charge in [-0.1, -0.05) is 50.2 Å². The molecule has 0 atom stereocenters. The molecule has 3 heterocycles. The summed E-state index contributed by atoms with van der Waals surface area (Å²) in [7, 11) is 0. The molecule has 4 nitrogen and oxygen atoms in total. The maximum atomic E-state index is 6.60. The standard InChI is InChI=1S/C27H31ClN4/c1-5-6-7-20(3)31-12-14-32(15-13-31)21(4)22-10-11-24-25(28)17-26(30-27(24)16-22)23-9-8-19(2)29-18-23/h8-11,16-18H,3-7,12-15H2,1-2H3. The van der Waals surface area contributed by atoms with Crippen LogP contribution in [-0.4, -0.2) is 45.9 Å². The van der Waals surface area contributed by atoms with Crippen LogP contribution in [0.4, 0.5) is 0 Å². The van der Waals surface area contributed by atoms with Gasteiger partial charge in [-0.25, -0.2) is 4.98 Å². The van der Waals surface area contributed by atoms with Crippen LogP contribution in [0.2, 0.25) is 5.02 Å². The van der Waals surface area contributed by atoms with Crippen molar-refractivity contribution in [1.29, 1.82) is 0 Å². The fourth-order valence-corrected chi connectivity index (χ4v) is 4.41. The Kier molecular flexibility index (Phi) is 6.80. The molecule has 0 bridgehead atoms. The average Bonchev–Trinajstić information content (AvgIpc) is 2.82. The first-order valence-corrected chi connectivity index (χ1v) is 11.7. The highest BCUT2D eigenvalue weighted by Gasteiger charge is 2.20. The van der Waals surface area contributed by atoms with Gasteiger partial charge in [-0.3, -0.25) is 4.98 Å². The second-order valence-electron chi connectivity index (χ2n) is 8.50. The molecule has 0 radical (unpaired) electrons. The number of hydrogen-bond acceptors (Lipinski definition) is 4. The van der Waals surface area contributed by atoms with Gasteiger partial charge in [0.2, 0.25) is 0 Å². The van der Waals surface area contributed by atoms with Gasteiger partial charge in [0.25, 0.3) is 0 Å². The summed E-state index contributed by atoms with van der Waals surface area (Å²) in [6.45, 7) is 16.8. The second-order valence-corrected chi connectivity index (χ2v) is 8.91. The Morgan fingerprint density at radius 1 is 1.03 bits per heavy atom. The molecule has 0 spiro atoms. The van der Waals surface area contributed by atoms with Crippen LogP contribution in [0.3, 0.4) is 0 Å². The molecule has 1 saturated heterocycles. The lowest BCUT2D eigenvalue weighted by Gasteiger charge is -2.39. The summed E-state index contributed by atoms with van der Waals surface area (Å²) in [4.78, 5) is 14.1. The van der Waals surface area contributed by atoms with Crippen molar-refractivity contribution < 1.29 is 0 Å². The van der Waals surface area contributed by atoms with Crippen LogP contribution in [0.1, 0.15) is 37.4 Å². The first kappa shape index (κ1) is 22.3. The van der Waals surface area contributed by atoms with E-state index in [9.17, 15) is 0 Å². The lowest BCUT2D eigenvalue weighted by atomic mass is 10.1.